The zero-order valence-electron chi connectivity index (χ0n) is 18.7. The van der Waals surface area contributed by atoms with Crippen molar-refractivity contribution in [3.05, 3.63) is 64.9 Å². The first-order chi connectivity index (χ1) is 15.6. The Bertz CT molecular complexity index is 1010. The lowest BCUT2D eigenvalue weighted by molar-refractivity contribution is -0.124. The molecule has 2 aromatic rings. The second kappa shape index (κ2) is 10.2. The molecule has 1 saturated heterocycles. The molecule has 2 aliphatic rings. The van der Waals surface area contributed by atoms with Gasteiger partial charge in [-0.25, -0.2) is 0 Å². The quantitative estimate of drug-likeness (QED) is 0.463. The zero-order chi connectivity index (χ0) is 22.5. The van der Waals surface area contributed by atoms with Crippen molar-refractivity contribution in [2.24, 2.45) is 0 Å². The molecule has 1 aliphatic heterocycles. The summed E-state index contributed by atoms with van der Waals surface area (Å²) in [4.78, 5) is 14.8. The molecule has 4 rings (SSSR count). The van der Waals surface area contributed by atoms with Crippen LogP contribution in [0.15, 0.2) is 48.2 Å². The number of carbonyl (C=O) groups is 1. The molecule has 0 radical (unpaired) electrons. The fourth-order valence-corrected chi connectivity index (χ4v) is 4.71. The van der Waals surface area contributed by atoms with E-state index in [9.17, 15) is 4.79 Å². The number of hydrogen-bond acceptors (Lipinski definition) is 4. The maximum atomic E-state index is 13.0. The summed E-state index contributed by atoms with van der Waals surface area (Å²) in [6.07, 6.45) is 8.43. The summed E-state index contributed by atoms with van der Waals surface area (Å²) in [7, 11) is 1.65. The minimum atomic E-state index is -0.0356. The summed E-state index contributed by atoms with van der Waals surface area (Å²) < 4.78 is 11.5. The van der Waals surface area contributed by atoms with Gasteiger partial charge in [-0.3, -0.25) is 9.69 Å². The molecule has 0 aromatic heterocycles. The highest BCUT2D eigenvalue weighted by atomic mass is 32.1. The summed E-state index contributed by atoms with van der Waals surface area (Å²) in [6.45, 7) is 2.51. The maximum Gasteiger partial charge on any atom is 0.276 e. The second-order valence-corrected chi connectivity index (χ2v) is 8.70. The van der Waals surface area contributed by atoms with Gasteiger partial charge in [-0.2, -0.15) is 0 Å². The molecule has 1 amide bonds. The predicted octanol–water partition coefficient (Wildman–Crippen LogP) is 5.23. The molecule has 168 valence electrons. The molecule has 0 unspecified atom stereocenters. The first kappa shape index (κ1) is 22.3. The van der Waals surface area contributed by atoms with E-state index in [1.54, 1.807) is 12.0 Å². The number of amides is 1. The first-order valence-electron chi connectivity index (χ1n) is 11.3. The molecule has 0 bridgehead atoms. The third-order valence-corrected chi connectivity index (χ3v) is 6.49. The summed E-state index contributed by atoms with van der Waals surface area (Å²) in [6, 6.07) is 14.2. The van der Waals surface area contributed by atoms with Crippen LogP contribution in [-0.4, -0.2) is 29.1 Å². The summed E-state index contributed by atoms with van der Waals surface area (Å²) in [5.74, 6) is 1.53. The second-order valence-electron chi connectivity index (χ2n) is 8.31. The van der Waals surface area contributed by atoms with Crippen molar-refractivity contribution in [2.45, 2.75) is 58.1 Å². The van der Waals surface area contributed by atoms with E-state index in [-0.39, 0.29) is 11.9 Å². The molecular weight excluding hydrogens is 420 g/mol. The van der Waals surface area contributed by atoms with Crippen LogP contribution in [0, 0.1) is 0 Å². The number of aryl methyl sites for hydroxylation is 1. The number of hydrogen-bond donors (Lipinski definition) is 1. The van der Waals surface area contributed by atoms with Gasteiger partial charge < -0.3 is 14.8 Å². The van der Waals surface area contributed by atoms with Crippen LogP contribution in [0.1, 0.15) is 55.7 Å². The van der Waals surface area contributed by atoms with Crippen molar-refractivity contribution in [1.82, 2.24) is 10.2 Å². The third kappa shape index (κ3) is 4.96. The van der Waals surface area contributed by atoms with Crippen molar-refractivity contribution in [3.8, 4) is 11.5 Å². The van der Waals surface area contributed by atoms with Crippen molar-refractivity contribution in [1.29, 1.82) is 0 Å². The molecule has 1 N–H and O–H groups in total. The van der Waals surface area contributed by atoms with Crippen molar-refractivity contribution in [2.75, 3.05) is 7.11 Å². The SMILES string of the molecule is CCc1ccc(OCc2cc(/C=C3/NC(=S)N(C4CCCCC4)C3=O)ccc2OC)cc1. The lowest BCUT2D eigenvalue weighted by Crippen LogP contribution is -2.41. The number of thiocarbonyl (C=S) groups is 1. The van der Waals surface area contributed by atoms with Crippen LogP contribution in [0.5, 0.6) is 11.5 Å². The maximum absolute atomic E-state index is 13.0. The van der Waals surface area contributed by atoms with Gasteiger partial charge in [0.25, 0.3) is 5.91 Å². The average Bonchev–Trinajstić information content (AvgIpc) is 3.11. The van der Waals surface area contributed by atoms with Gasteiger partial charge >= 0.3 is 0 Å². The molecule has 1 saturated carbocycles. The Morgan fingerprint density at radius 3 is 2.56 bits per heavy atom. The lowest BCUT2D eigenvalue weighted by atomic mass is 9.94. The van der Waals surface area contributed by atoms with Crippen LogP contribution in [-0.2, 0) is 17.8 Å². The van der Waals surface area contributed by atoms with Crippen molar-refractivity contribution in [3.63, 3.8) is 0 Å². The number of ether oxygens (including phenoxy) is 2. The van der Waals surface area contributed by atoms with Gasteiger partial charge in [-0.15, -0.1) is 0 Å². The Morgan fingerprint density at radius 2 is 1.88 bits per heavy atom. The van der Waals surface area contributed by atoms with Crippen molar-refractivity contribution < 1.29 is 14.3 Å². The smallest absolute Gasteiger partial charge is 0.276 e. The van der Waals surface area contributed by atoms with Crippen LogP contribution in [0.4, 0.5) is 0 Å². The third-order valence-electron chi connectivity index (χ3n) is 6.19. The highest BCUT2D eigenvalue weighted by molar-refractivity contribution is 7.80. The van der Waals surface area contributed by atoms with Gasteiger partial charge in [0.15, 0.2) is 5.11 Å². The number of nitrogens with one attached hydrogen (secondary N) is 1. The number of rotatable bonds is 7. The number of benzene rings is 2. The largest absolute Gasteiger partial charge is 0.496 e. The lowest BCUT2D eigenvalue weighted by Gasteiger charge is -2.29. The van der Waals surface area contributed by atoms with Crippen LogP contribution < -0.4 is 14.8 Å². The number of nitrogens with zero attached hydrogens (tertiary/aromatic N) is 1. The molecule has 1 aliphatic carbocycles. The summed E-state index contributed by atoms with van der Waals surface area (Å²) in [5.41, 5.74) is 3.61. The predicted molar refractivity (Wildman–Crippen MR) is 131 cm³/mol. The molecular formula is C26H30N2O3S. The van der Waals surface area contributed by atoms with Gasteiger partial charge in [0, 0.05) is 11.6 Å². The van der Waals surface area contributed by atoms with Crippen LogP contribution >= 0.6 is 12.2 Å². The molecule has 32 heavy (non-hydrogen) atoms. The van der Waals surface area contributed by atoms with Gasteiger partial charge in [-0.05, 0) is 72.9 Å². The first-order valence-corrected chi connectivity index (χ1v) is 11.7. The fourth-order valence-electron chi connectivity index (χ4n) is 4.37. The van der Waals surface area contributed by atoms with Gasteiger partial charge in [0.1, 0.15) is 23.8 Å². The minimum absolute atomic E-state index is 0.0356. The molecule has 2 aromatic carbocycles. The van der Waals surface area contributed by atoms with Gasteiger partial charge in [-0.1, -0.05) is 44.4 Å². The molecule has 5 nitrogen and oxygen atoms in total. The van der Waals surface area contributed by atoms with E-state index in [1.165, 1.54) is 12.0 Å². The van der Waals surface area contributed by atoms with E-state index in [0.29, 0.717) is 17.4 Å². The Labute approximate surface area is 195 Å². The topological polar surface area (TPSA) is 50.8 Å². The van der Waals surface area contributed by atoms with E-state index in [1.807, 2.05) is 36.4 Å². The Kier molecular flexibility index (Phi) is 7.10. The van der Waals surface area contributed by atoms with Crippen LogP contribution in [0.2, 0.25) is 0 Å². The fraction of sp³-hybridized carbons (Fsp3) is 0.385. The van der Waals surface area contributed by atoms with Crippen LogP contribution in [0.25, 0.3) is 6.08 Å². The monoisotopic (exact) mass is 450 g/mol. The van der Waals surface area contributed by atoms with E-state index in [2.05, 4.69) is 24.4 Å². The van der Waals surface area contributed by atoms with E-state index < -0.39 is 0 Å². The average molecular weight is 451 g/mol. The summed E-state index contributed by atoms with van der Waals surface area (Å²) >= 11 is 5.48. The minimum Gasteiger partial charge on any atom is -0.496 e. The van der Waals surface area contributed by atoms with E-state index in [4.69, 9.17) is 21.7 Å². The normalized spacial score (nSPS) is 18.2. The van der Waals surface area contributed by atoms with Gasteiger partial charge in [0.2, 0.25) is 0 Å². The highest BCUT2D eigenvalue weighted by Crippen LogP contribution is 2.28. The van der Waals surface area contributed by atoms with Crippen LogP contribution in [0.3, 0.4) is 0 Å². The Morgan fingerprint density at radius 1 is 1.12 bits per heavy atom. The highest BCUT2D eigenvalue weighted by Gasteiger charge is 2.36. The van der Waals surface area contributed by atoms with E-state index in [0.717, 1.165) is 54.7 Å². The standard InChI is InChI=1S/C26H30N2O3S/c1-3-18-9-12-22(13-10-18)31-17-20-15-19(11-14-24(20)30-2)16-23-25(29)28(26(32)27-23)21-7-5-4-6-8-21/h9-16,21H,3-8,17H2,1-2H3,(H,27,32)/b23-16+. The number of methoxy groups -OCH3 is 1. The molecule has 1 heterocycles. The Hall–Kier alpha value is -2.86. The molecule has 6 heteroatoms. The molecule has 0 spiro atoms. The molecule has 2 fully saturated rings. The Balaban J connectivity index is 1.50. The molecule has 0 atom stereocenters. The van der Waals surface area contributed by atoms with Gasteiger partial charge in [0.05, 0.1) is 7.11 Å². The van der Waals surface area contributed by atoms with Crippen molar-refractivity contribution >= 4 is 29.3 Å². The number of carbonyl (C=O) groups excluding carboxylic acids is 1. The summed E-state index contributed by atoms with van der Waals surface area (Å²) in [5, 5.41) is 3.64. The van der Waals surface area contributed by atoms with E-state index >= 15 is 0 Å². The zero-order valence-corrected chi connectivity index (χ0v) is 19.5.